The number of sulfonamides is 1. The molecule has 6 nitrogen and oxygen atoms in total. The number of hydrogen-bond acceptors (Lipinski definition) is 4. The van der Waals surface area contributed by atoms with Crippen molar-refractivity contribution in [3.05, 3.63) is 53.6 Å². The van der Waals surface area contributed by atoms with E-state index in [1.807, 2.05) is 24.3 Å². The van der Waals surface area contributed by atoms with Crippen LogP contribution in [0.4, 0.5) is 5.69 Å². The van der Waals surface area contributed by atoms with E-state index in [1.165, 1.54) is 22.0 Å². The zero-order valence-corrected chi connectivity index (χ0v) is 15.8. The Morgan fingerprint density at radius 1 is 1.15 bits per heavy atom. The second-order valence-electron chi connectivity index (χ2n) is 6.65. The maximum atomic E-state index is 12.9. The normalized spacial score (nSPS) is 14.1. The van der Waals surface area contributed by atoms with Gasteiger partial charge in [-0.15, -0.1) is 0 Å². The number of hydrogen-bond donors (Lipinski definition) is 1. The number of anilines is 1. The molecule has 1 N–H and O–H groups in total. The highest BCUT2D eigenvalue weighted by Gasteiger charge is 2.24. The van der Waals surface area contributed by atoms with Gasteiger partial charge in [0.05, 0.1) is 10.6 Å². The quantitative estimate of drug-likeness (QED) is 0.873. The number of carbonyl (C=O) groups is 1. The molecule has 2 aromatic carbocycles. The Balaban J connectivity index is 1.81. The number of amides is 1. The Morgan fingerprint density at radius 3 is 2.50 bits per heavy atom. The number of fused-ring (bicyclic) bond motifs is 1. The molecule has 7 heteroatoms. The summed E-state index contributed by atoms with van der Waals surface area (Å²) < 4.78 is 32.3. The Bertz CT molecular complexity index is 921. The van der Waals surface area contributed by atoms with E-state index in [0.717, 1.165) is 5.56 Å². The summed E-state index contributed by atoms with van der Waals surface area (Å²) in [6.07, 6.45) is 0. The van der Waals surface area contributed by atoms with Crippen molar-refractivity contribution in [2.45, 2.75) is 31.2 Å². The third kappa shape index (κ3) is 3.73. The number of ether oxygens (including phenoxy) is 1. The van der Waals surface area contributed by atoms with E-state index in [-0.39, 0.29) is 24.0 Å². The largest absolute Gasteiger partial charge is 0.482 e. The van der Waals surface area contributed by atoms with E-state index in [4.69, 9.17) is 4.74 Å². The van der Waals surface area contributed by atoms with Crippen LogP contribution < -0.4 is 10.1 Å². The molecule has 0 aromatic heterocycles. The van der Waals surface area contributed by atoms with Crippen molar-refractivity contribution in [3.8, 4) is 5.75 Å². The van der Waals surface area contributed by atoms with Crippen LogP contribution >= 0.6 is 0 Å². The zero-order valence-electron chi connectivity index (χ0n) is 15.0. The van der Waals surface area contributed by atoms with Crippen LogP contribution in [0.15, 0.2) is 47.4 Å². The summed E-state index contributed by atoms with van der Waals surface area (Å²) in [5, 5.41) is 2.63. The van der Waals surface area contributed by atoms with Gasteiger partial charge in [-0.2, -0.15) is 4.31 Å². The van der Waals surface area contributed by atoms with Gasteiger partial charge in [-0.25, -0.2) is 8.42 Å². The van der Waals surface area contributed by atoms with E-state index in [2.05, 4.69) is 19.2 Å². The first kappa shape index (κ1) is 18.4. The van der Waals surface area contributed by atoms with Crippen molar-refractivity contribution in [2.75, 3.05) is 19.0 Å². The van der Waals surface area contributed by atoms with Gasteiger partial charge in [-0.3, -0.25) is 4.79 Å². The van der Waals surface area contributed by atoms with Crippen LogP contribution in [0.1, 0.15) is 30.9 Å². The standard InChI is InChI=1S/C19H22N2O4S/c1-13(2)15-6-4-14(5-7-15)11-21(3)26(23,24)16-8-9-18-17(10-16)20-19(22)12-25-18/h4-10,13H,11-12H2,1-3H3,(H,20,22). The lowest BCUT2D eigenvalue weighted by Crippen LogP contribution is -2.28. The van der Waals surface area contributed by atoms with E-state index < -0.39 is 10.0 Å². The first-order chi connectivity index (χ1) is 12.3. The number of nitrogens with zero attached hydrogens (tertiary/aromatic N) is 1. The van der Waals surface area contributed by atoms with Gasteiger partial charge in [0, 0.05) is 13.6 Å². The van der Waals surface area contributed by atoms with Crippen LogP contribution in [-0.4, -0.2) is 32.3 Å². The molecule has 1 aliphatic rings. The van der Waals surface area contributed by atoms with Crippen molar-refractivity contribution in [2.24, 2.45) is 0 Å². The fourth-order valence-electron chi connectivity index (χ4n) is 2.75. The number of carbonyl (C=O) groups excluding carboxylic acids is 1. The van der Waals surface area contributed by atoms with Crippen LogP contribution in [0.5, 0.6) is 5.75 Å². The molecule has 0 bridgehead atoms. The van der Waals surface area contributed by atoms with Gasteiger partial charge in [0.15, 0.2) is 6.61 Å². The molecule has 1 aliphatic heterocycles. The molecule has 0 saturated carbocycles. The Morgan fingerprint density at radius 2 is 1.85 bits per heavy atom. The Labute approximate surface area is 153 Å². The zero-order chi connectivity index (χ0) is 18.9. The molecule has 3 rings (SSSR count). The first-order valence-corrected chi connectivity index (χ1v) is 9.83. The second kappa shape index (κ2) is 7.09. The summed E-state index contributed by atoms with van der Waals surface area (Å²) in [6.45, 7) is 4.43. The summed E-state index contributed by atoms with van der Waals surface area (Å²) in [5.74, 6) is 0.597. The Kier molecular flexibility index (Phi) is 5.02. The molecule has 0 aliphatic carbocycles. The SMILES string of the molecule is CC(C)c1ccc(CN(C)S(=O)(=O)c2ccc3c(c2)NC(=O)CO3)cc1. The fourth-order valence-corrected chi connectivity index (χ4v) is 3.94. The molecule has 0 atom stereocenters. The lowest BCUT2D eigenvalue weighted by Gasteiger charge is -2.21. The summed E-state index contributed by atoms with van der Waals surface area (Å²) in [7, 11) is -2.15. The average molecular weight is 374 g/mol. The van der Waals surface area contributed by atoms with Gasteiger partial charge >= 0.3 is 0 Å². The summed E-state index contributed by atoms with van der Waals surface area (Å²) in [4.78, 5) is 11.6. The van der Waals surface area contributed by atoms with E-state index in [1.54, 1.807) is 13.1 Å². The monoisotopic (exact) mass is 374 g/mol. The van der Waals surface area contributed by atoms with Crippen LogP contribution in [0.2, 0.25) is 0 Å². The average Bonchev–Trinajstić information content (AvgIpc) is 2.61. The number of rotatable bonds is 5. The van der Waals surface area contributed by atoms with E-state index in [9.17, 15) is 13.2 Å². The molecule has 0 unspecified atom stereocenters. The van der Waals surface area contributed by atoms with Gasteiger partial charge in [0.1, 0.15) is 5.75 Å². The fraction of sp³-hybridized carbons (Fsp3) is 0.316. The molecule has 138 valence electrons. The molecule has 0 fully saturated rings. The van der Waals surface area contributed by atoms with Gasteiger partial charge in [0.25, 0.3) is 5.91 Å². The van der Waals surface area contributed by atoms with Crippen LogP contribution in [-0.2, 0) is 21.4 Å². The molecular formula is C19H22N2O4S. The minimum Gasteiger partial charge on any atom is -0.482 e. The van der Waals surface area contributed by atoms with Crippen molar-refractivity contribution < 1.29 is 17.9 Å². The topological polar surface area (TPSA) is 75.7 Å². The molecule has 0 saturated heterocycles. The van der Waals surface area contributed by atoms with E-state index in [0.29, 0.717) is 17.4 Å². The third-order valence-electron chi connectivity index (χ3n) is 4.34. The van der Waals surface area contributed by atoms with Crippen LogP contribution in [0.25, 0.3) is 0 Å². The molecule has 2 aromatic rings. The highest BCUT2D eigenvalue weighted by Crippen LogP contribution is 2.31. The predicted octanol–water partition coefficient (Wildman–Crippen LogP) is 2.96. The molecule has 0 spiro atoms. The molecule has 1 amide bonds. The second-order valence-corrected chi connectivity index (χ2v) is 8.70. The van der Waals surface area contributed by atoms with Crippen molar-refractivity contribution in [1.29, 1.82) is 0 Å². The highest BCUT2D eigenvalue weighted by molar-refractivity contribution is 7.89. The highest BCUT2D eigenvalue weighted by atomic mass is 32.2. The van der Waals surface area contributed by atoms with Gasteiger partial charge < -0.3 is 10.1 Å². The van der Waals surface area contributed by atoms with Crippen molar-refractivity contribution in [3.63, 3.8) is 0 Å². The number of nitrogens with one attached hydrogen (secondary N) is 1. The third-order valence-corrected chi connectivity index (χ3v) is 6.14. The van der Waals surface area contributed by atoms with Crippen LogP contribution in [0.3, 0.4) is 0 Å². The lowest BCUT2D eigenvalue weighted by molar-refractivity contribution is -0.118. The van der Waals surface area contributed by atoms with Gasteiger partial charge in [0.2, 0.25) is 10.0 Å². The summed E-state index contributed by atoms with van der Waals surface area (Å²) >= 11 is 0. The number of benzene rings is 2. The van der Waals surface area contributed by atoms with Gasteiger partial charge in [-0.05, 0) is 35.2 Å². The van der Waals surface area contributed by atoms with Crippen molar-refractivity contribution in [1.82, 2.24) is 4.31 Å². The summed E-state index contributed by atoms with van der Waals surface area (Å²) in [5.41, 5.74) is 2.50. The minimum absolute atomic E-state index is 0.0641. The summed E-state index contributed by atoms with van der Waals surface area (Å²) in [6, 6.07) is 12.4. The Hall–Kier alpha value is -2.38. The smallest absolute Gasteiger partial charge is 0.262 e. The minimum atomic E-state index is -3.69. The molecule has 1 heterocycles. The maximum Gasteiger partial charge on any atom is 0.262 e. The maximum absolute atomic E-state index is 12.9. The first-order valence-electron chi connectivity index (χ1n) is 8.39. The van der Waals surface area contributed by atoms with Crippen LogP contribution in [0, 0.1) is 0 Å². The van der Waals surface area contributed by atoms with E-state index >= 15 is 0 Å². The molecule has 26 heavy (non-hydrogen) atoms. The lowest BCUT2D eigenvalue weighted by atomic mass is 10.0. The molecular weight excluding hydrogens is 352 g/mol. The van der Waals surface area contributed by atoms with Gasteiger partial charge in [-0.1, -0.05) is 38.1 Å². The van der Waals surface area contributed by atoms with Crippen molar-refractivity contribution >= 4 is 21.6 Å². The predicted molar refractivity (Wildman–Crippen MR) is 99.8 cm³/mol. The molecule has 0 radical (unpaired) electrons.